The van der Waals surface area contributed by atoms with Crippen LogP contribution in [0.2, 0.25) is 0 Å². The van der Waals surface area contributed by atoms with E-state index >= 15 is 0 Å². The third-order valence-electron chi connectivity index (χ3n) is 4.45. The Morgan fingerprint density at radius 3 is 2.92 bits per heavy atom. The molecule has 0 saturated carbocycles. The van der Waals surface area contributed by atoms with Crippen molar-refractivity contribution in [2.24, 2.45) is 0 Å². The van der Waals surface area contributed by atoms with Crippen LogP contribution < -0.4 is 0 Å². The lowest BCUT2D eigenvalue weighted by atomic mass is 9.97. The van der Waals surface area contributed by atoms with Crippen molar-refractivity contribution in [3.63, 3.8) is 0 Å². The van der Waals surface area contributed by atoms with Gasteiger partial charge < -0.3 is 14.6 Å². The van der Waals surface area contributed by atoms with Gasteiger partial charge >= 0.3 is 0 Å². The van der Waals surface area contributed by atoms with Crippen molar-refractivity contribution in [2.45, 2.75) is 30.6 Å². The predicted octanol–water partition coefficient (Wildman–Crippen LogP) is 2.54. The summed E-state index contributed by atoms with van der Waals surface area (Å²) in [6.07, 6.45) is 2.18. The Balaban J connectivity index is 1.75. The molecule has 1 saturated heterocycles. The lowest BCUT2D eigenvalue weighted by molar-refractivity contribution is -0.169. The SMILES string of the molecule is CCn1ncc(C(=O)c2ccc3c(c2)C2(CCS3)OCCO2)c1O. The molecule has 2 aliphatic rings. The van der Waals surface area contributed by atoms with Gasteiger partial charge in [-0.2, -0.15) is 5.10 Å². The summed E-state index contributed by atoms with van der Waals surface area (Å²) in [7, 11) is 0. The van der Waals surface area contributed by atoms with Gasteiger partial charge in [0.15, 0.2) is 11.6 Å². The molecule has 1 aromatic heterocycles. The van der Waals surface area contributed by atoms with Gasteiger partial charge in [-0.1, -0.05) is 0 Å². The van der Waals surface area contributed by atoms with E-state index in [0.717, 1.165) is 22.6 Å². The van der Waals surface area contributed by atoms with Gasteiger partial charge in [0.1, 0.15) is 5.56 Å². The quantitative estimate of drug-likeness (QED) is 0.861. The van der Waals surface area contributed by atoms with Crippen molar-refractivity contribution in [3.05, 3.63) is 41.1 Å². The summed E-state index contributed by atoms with van der Waals surface area (Å²) in [5.74, 6) is -0.159. The first-order valence-corrected chi connectivity index (χ1v) is 8.98. The van der Waals surface area contributed by atoms with E-state index in [4.69, 9.17) is 9.47 Å². The molecule has 0 aliphatic carbocycles. The molecule has 0 bridgehead atoms. The highest BCUT2D eigenvalue weighted by molar-refractivity contribution is 7.99. The number of aryl methyl sites for hydroxylation is 1. The van der Waals surface area contributed by atoms with E-state index in [1.54, 1.807) is 17.8 Å². The van der Waals surface area contributed by atoms with Crippen LogP contribution in [0, 0.1) is 0 Å². The molecule has 6 nitrogen and oxygen atoms in total. The van der Waals surface area contributed by atoms with E-state index < -0.39 is 5.79 Å². The van der Waals surface area contributed by atoms with Crippen LogP contribution in [0.15, 0.2) is 29.3 Å². The van der Waals surface area contributed by atoms with Crippen LogP contribution in [0.5, 0.6) is 5.88 Å². The highest BCUT2D eigenvalue weighted by atomic mass is 32.2. The zero-order valence-electron chi connectivity index (χ0n) is 13.3. The minimum Gasteiger partial charge on any atom is -0.493 e. The highest BCUT2D eigenvalue weighted by Crippen LogP contribution is 2.46. The van der Waals surface area contributed by atoms with Crippen molar-refractivity contribution < 1.29 is 19.4 Å². The lowest BCUT2D eigenvalue weighted by Crippen LogP contribution is -2.31. The molecule has 1 N–H and O–H groups in total. The number of hydrogen-bond donors (Lipinski definition) is 1. The summed E-state index contributed by atoms with van der Waals surface area (Å²) in [4.78, 5) is 13.9. The summed E-state index contributed by atoms with van der Waals surface area (Å²) in [6.45, 7) is 3.49. The van der Waals surface area contributed by atoms with E-state index in [9.17, 15) is 9.90 Å². The molecular weight excluding hydrogens is 328 g/mol. The average molecular weight is 346 g/mol. The number of rotatable bonds is 3. The van der Waals surface area contributed by atoms with Crippen LogP contribution >= 0.6 is 11.8 Å². The van der Waals surface area contributed by atoms with Crippen molar-refractivity contribution in [1.82, 2.24) is 9.78 Å². The van der Waals surface area contributed by atoms with Crippen molar-refractivity contribution in [1.29, 1.82) is 0 Å². The van der Waals surface area contributed by atoms with Crippen LogP contribution in [-0.2, 0) is 21.8 Å². The molecule has 0 unspecified atom stereocenters. The number of thioether (sulfide) groups is 1. The van der Waals surface area contributed by atoms with Gasteiger partial charge in [-0.15, -0.1) is 11.8 Å². The van der Waals surface area contributed by atoms with Gasteiger partial charge in [0.05, 0.1) is 19.4 Å². The topological polar surface area (TPSA) is 73.6 Å². The van der Waals surface area contributed by atoms with Gasteiger partial charge in [0.25, 0.3) is 0 Å². The van der Waals surface area contributed by atoms with E-state index in [2.05, 4.69) is 5.10 Å². The first-order chi connectivity index (χ1) is 11.6. The molecule has 2 aliphatic heterocycles. The maximum atomic E-state index is 12.8. The van der Waals surface area contributed by atoms with Crippen LogP contribution in [0.4, 0.5) is 0 Å². The fourth-order valence-electron chi connectivity index (χ4n) is 3.21. The van der Waals surface area contributed by atoms with Crippen LogP contribution in [0.3, 0.4) is 0 Å². The van der Waals surface area contributed by atoms with Gasteiger partial charge in [-0.3, -0.25) is 4.79 Å². The first-order valence-electron chi connectivity index (χ1n) is 7.99. The van der Waals surface area contributed by atoms with Crippen molar-refractivity contribution >= 4 is 17.5 Å². The molecule has 126 valence electrons. The number of ether oxygens (including phenoxy) is 2. The Labute approximate surface area is 143 Å². The standard InChI is InChI=1S/C17H18N2O4S/c1-2-19-16(21)12(10-18-19)15(20)11-3-4-14-13(9-11)17(5-8-24-14)22-6-7-23-17/h3-4,9-10,21H,2,5-8H2,1H3. The second-order valence-corrected chi connectivity index (χ2v) is 6.92. The van der Waals surface area contributed by atoms with Gasteiger partial charge in [0.2, 0.25) is 5.88 Å². The number of carbonyl (C=O) groups excluding carboxylic acids is 1. The van der Waals surface area contributed by atoms with Crippen LogP contribution in [0.1, 0.15) is 34.8 Å². The Bertz CT molecular complexity index is 796. The first kappa shape index (κ1) is 15.7. The second kappa shape index (κ2) is 5.91. The number of aromatic hydroxyl groups is 1. The van der Waals surface area contributed by atoms with Crippen molar-refractivity contribution in [3.8, 4) is 5.88 Å². The predicted molar refractivity (Wildman–Crippen MR) is 88.4 cm³/mol. The zero-order chi connectivity index (χ0) is 16.7. The molecule has 0 radical (unpaired) electrons. The van der Waals surface area contributed by atoms with Crippen LogP contribution in [0.25, 0.3) is 0 Å². The molecule has 3 heterocycles. The average Bonchev–Trinajstić information content (AvgIpc) is 3.21. The zero-order valence-corrected chi connectivity index (χ0v) is 14.1. The molecule has 0 amide bonds. The summed E-state index contributed by atoms with van der Waals surface area (Å²) in [6, 6.07) is 5.54. The van der Waals surface area contributed by atoms with Crippen LogP contribution in [-0.4, -0.2) is 39.6 Å². The van der Waals surface area contributed by atoms with Gasteiger partial charge in [0, 0.05) is 34.7 Å². The summed E-state index contributed by atoms with van der Waals surface area (Å²) in [5.41, 5.74) is 1.62. The molecule has 0 atom stereocenters. The monoisotopic (exact) mass is 346 g/mol. The molecule has 2 aromatic rings. The number of carbonyl (C=O) groups is 1. The maximum Gasteiger partial charge on any atom is 0.220 e. The third-order valence-corrected chi connectivity index (χ3v) is 5.53. The maximum absolute atomic E-state index is 12.8. The molecule has 1 spiro atoms. The number of nitrogens with zero attached hydrogens (tertiary/aromatic N) is 2. The lowest BCUT2D eigenvalue weighted by Gasteiger charge is -2.33. The highest BCUT2D eigenvalue weighted by Gasteiger charge is 2.42. The Morgan fingerprint density at radius 1 is 1.42 bits per heavy atom. The second-order valence-electron chi connectivity index (χ2n) is 5.79. The van der Waals surface area contributed by atoms with Gasteiger partial charge in [-0.25, -0.2) is 4.68 Å². The minimum atomic E-state index is -0.730. The number of fused-ring (bicyclic) bond motifs is 2. The Hall–Kier alpha value is -1.83. The molecule has 24 heavy (non-hydrogen) atoms. The van der Waals surface area contributed by atoms with Crippen molar-refractivity contribution in [2.75, 3.05) is 19.0 Å². The van der Waals surface area contributed by atoms with E-state index in [0.29, 0.717) is 25.3 Å². The molecular formula is C17H18N2O4S. The normalized spacial score (nSPS) is 18.7. The largest absolute Gasteiger partial charge is 0.493 e. The van der Waals surface area contributed by atoms with E-state index in [-0.39, 0.29) is 17.2 Å². The fraction of sp³-hybridized carbons (Fsp3) is 0.412. The number of ketones is 1. The minimum absolute atomic E-state index is 0.0994. The fourth-order valence-corrected chi connectivity index (χ4v) is 4.33. The van der Waals surface area contributed by atoms with Gasteiger partial charge in [-0.05, 0) is 25.1 Å². The number of hydrogen-bond acceptors (Lipinski definition) is 6. The molecule has 4 rings (SSSR count). The molecule has 1 fully saturated rings. The summed E-state index contributed by atoms with van der Waals surface area (Å²) in [5, 5.41) is 14.2. The molecule has 7 heteroatoms. The summed E-state index contributed by atoms with van der Waals surface area (Å²) < 4.78 is 13.2. The smallest absolute Gasteiger partial charge is 0.220 e. The Morgan fingerprint density at radius 2 is 2.21 bits per heavy atom. The van der Waals surface area contributed by atoms with E-state index in [1.165, 1.54) is 10.9 Å². The van der Waals surface area contributed by atoms with E-state index in [1.807, 2.05) is 19.1 Å². The summed E-state index contributed by atoms with van der Waals surface area (Å²) >= 11 is 1.74. The molecule has 1 aromatic carbocycles. The number of aromatic nitrogens is 2. The third kappa shape index (κ3) is 2.35. The Kier molecular flexibility index (Phi) is 3.86. The number of benzene rings is 1.